The highest BCUT2D eigenvalue weighted by Gasteiger charge is 2.33. The Bertz CT molecular complexity index is 3940. The molecule has 8 heteroatoms. The molecule has 0 bridgehead atoms. The maximum absolute atomic E-state index is 5.24. The lowest BCUT2D eigenvalue weighted by Crippen LogP contribution is -2.24. The van der Waals surface area contributed by atoms with Crippen LogP contribution in [0, 0.1) is 0 Å². The summed E-state index contributed by atoms with van der Waals surface area (Å²) < 4.78 is 2.41. The largest absolute Gasteiger partial charge is 0.308 e. The van der Waals surface area contributed by atoms with Crippen molar-refractivity contribution >= 4 is 105 Å². The van der Waals surface area contributed by atoms with Gasteiger partial charge in [-0.2, -0.15) is 0 Å². The van der Waals surface area contributed by atoms with E-state index in [2.05, 4.69) is 227 Å². The summed E-state index contributed by atoms with van der Waals surface area (Å²) in [7, 11) is 0. The summed E-state index contributed by atoms with van der Waals surface area (Å²) in [5, 5.41) is 4.85. The number of hydrogen-bond acceptors (Lipinski definition) is 8. The minimum atomic E-state index is 0.621. The van der Waals surface area contributed by atoms with E-state index in [1.807, 2.05) is 30.0 Å². The van der Waals surface area contributed by atoms with Gasteiger partial charge < -0.3 is 14.7 Å². The summed E-state index contributed by atoms with van der Waals surface area (Å²) in [5.41, 5.74) is 12.7. The highest BCUT2D eigenvalue weighted by molar-refractivity contribution is 7.99. The highest BCUT2D eigenvalue weighted by atomic mass is 32.2. The molecule has 0 atom stereocenters. The van der Waals surface area contributed by atoms with Crippen LogP contribution in [0.5, 0.6) is 0 Å². The molecule has 14 rings (SSSR count). The van der Waals surface area contributed by atoms with E-state index in [9.17, 15) is 0 Å². The Balaban J connectivity index is 0.925. The lowest BCUT2D eigenvalue weighted by atomic mass is 10.0. The number of fused-ring (bicyclic) bond motifs is 8. The summed E-state index contributed by atoms with van der Waals surface area (Å²) in [6.07, 6.45) is 0. The molecule has 0 N–H and O–H groups in total. The quantitative estimate of drug-likeness (QED) is 0.165. The van der Waals surface area contributed by atoms with Crippen molar-refractivity contribution in [2.75, 3.05) is 14.7 Å². The monoisotopic (exact) mass is 918 g/mol. The second kappa shape index (κ2) is 16.1. The molecule has 10 aromatic carbocycles. The van der Waals surface area contributed by atoms with Crippen molar-refractivity contribution in [2.24, 2.45) is 0 Å². The van der Waals surface area contributed by atoms with E-state index in [0.29, 0.717) is 17.5 Å². The van der Waals surface area contributed by atoms with E-state index >= 15 is 0 Å². The van der Waals surface area contributed by atoms with Crippen LogP contribution in [-0.2, 0) is 0 Å². The first-order valence-corrected chi connectivity index (χ1v) is 24.6. The molecule has 0 fully saturated rings. The summed E-state index contributed by atoms with van der Waals surface area (Å²) in [5.74, 6) is 1.91. The summed E-state index contributed by atoms with van der Waals surface area (Å²) in [6, 6.07) is 82.3. The molecule has 6 nitrogen and oxygen atoms in total. The van der Waals surface area contributed by atoms with Crippen LogP contribution in [0.15, 0.2) is 240 Å². The standard InChI is InChI=1S/C61H38N6S2/c1-2-16-40(17-3-1)59-62-60(64-61(63-59)48-21-14-20-47-46-19-6-11-26-55(46)69-58(47)48)41-30-32-43(33-31-41)65-49-22-7-8-23-50(49)66(44-34-29-39-15-4-5-18-42(39)37-44)54-38-45(35-36-51(54)65)67-52-24-9-12-27-56(52)68-57-28-13-10-25-53(57)67/h1-38H. The fourth-order valence-corrected chi connectivity index (χ4v) is 12.3. The lowest BCUT2D eigenvalue weighted by molar-refractivity contribution is 1.08. The topological polar surface area (TPSA) is 48.4 Å². The zero-order valence-corrected chi connectivity index (χ0v) is 38.6. The Morgan fingerprint density at radius 2 is 0.841 bits per heavy atom. The molecule has 0 spiro atoms. The number of hydrogen-bond donors (Lipinski definition) is 0. The van der Waals surface area contributed by atoms with E-state index in [4.69, 9.17) is 15.0 Å². The van der Waals surface area contributed by atoms with Gasteiger partial charge in [-0.15, -0.1) is 11.3 Å². The molecule has 0 amide bonds. The second-order valence-electron chi connectivity index (χ2n) is 17.2. The molecule has 0 saturated carbocycles. The van der Waals surface area contributed by atoms with E-state index in [1.165, 1.54) is 52.1 Å². The van der Waals surface area contributed by atoms with Crippen molar-refractivity contribution in [2.45, 2.75) is 9.79 Å². The molecule has 2 aliphatic rings. The van der Waals surface area contributed by atoms with E-state index in [1.54, 1.807) is 11.3 Å². The molecule has 4 heterocycles. The highest BCUT2D eigenvalue weighted by Crippen LogP contribution is 2.57. The van der Waals surface area contributed by atoms with Gasteiger partial charge in [0.05, 0.1) is 34.1 Å². The third-order valence-electron chi connectivity index (χ3n) is 13.2. The number of nitrogens with zero attached hydrogens (tertiary/aromatic N) is 6. The molecule has 324 valence electrons. The third kappa shape index (κ3) is 6.60. The normalized spacial score (nSPS) is 12.8. The van der Waals surface area contributed by atoms with Crippen LogP contribution >= 0.6 is 23.1 Å². The average molecular weight is 919 g/mol. The van der Waals surface area contributed by atoms with Crippen LogP contribution < -0.4 is 14.7 Å². The first-order chi connectivity index (χ1) is 34.2. The number of thiophene rings is 1. The number of para-hydroxylation sites is 4. The fraction of sp³-hybridized carbons (Fsp3) is 0. The van der Waals surface area contributed by atoms with Crippen molar-refractivity contribution in [3.8, 4) is 34.2 Å². The van der Waals surface area contributed by atoms with Gasteiger partial charge in [0.25, 0.3) is 0 Å². The van der Waals surface area contributed by atoms with Gasteiger partial charge in [-0.3, -0.25) is 0 Å². The minimum absolute atomic E-state index is 0.621. The molecule has 2 aromatic heterocycles. The molecule has 69 heavy (non-hydrogen) atoms. The van der Waals surface area contributed by atoms with Gasteiger partial charge >= 0.3 is 0 Å². The Morgan fingerprint density at radius 3 is 1.59 bits per heavy atom. The van der Waals surface area contributed by atoms with E-state index in [0.717, 1.165) is 56.5 Å². The first kappa shape index (κ1) is 39.6. The van der Waals surface area contributed by atoms with Crippen LogP contribution in [0.3, 0.4) is 0 Å². The van der Waals surface area contributed by atoms with E-state index < -0.39 is 0 Å². The molecule has 0 radical (unpaired) electrons. The molecular formula is C61H38N6S2. The number of rotatable bonds is 6. The van der Waals surface area contributed by atoms with Gasteiger partial charge in [0.2, 0.25) is 0 Å². The first-order valence-electron chi connectivity index (χ1n) is 23.0. The number of benzene rings is 10. The van der Waals surface area contributed by atoms with Gasteiger partial charge in [-0.05, 0) is 114 Å². The van der Waals surface area contributed by atoms with Gasteiger partial charge in [0, 0.05) is 63.7 Å². The summed E-state index contributed by atoms with van der Waals surface area (Å²) in [4.78, 5) is 25.2. The predicted octanol–water partition coefficient (Wildman–Crippen LogP) is 17.6. The van der Waals surface area contributed by atoms with Crippen LogP contribution in [-0.4, -0.2) is 15.0 Å². The summed E-state index contributed by atoms with van der Waals surface area (Å²) in [6.45, 7) is 0. The Kier molecular flexibility index (Phi) is 9.21. The van der Waals surface area contributed by atoms with Crippen LogP contribution in [0.2, 0.25) is 0 Å². The Hall–Kier alpha value is -8.56. The maximum Gasteiger partial charge on any atom is 0.165 e. The maximum atomic E-state index is 5.24. The molecule has 0 saturated heterocycles. The zero-order chi connectivity index (χ0) is 45.4. The van der Waals surface area contributed by atoms with Crippen LogP contribution in [0.1, 0.15) is 0 Å². The van der Waals surface area contributed by atoms with Crippen LogP contribution in [0.4, 0.5) is 51.2 Å². The predicted molar refractivity (Wildman–Crippen MR) is 288 cm³/mol. The van der Waals surface area contributed by atoms with Gasteiger partial charge in [-0.25, -0.2) is 15.0 Å². The Labute approximate surface area is 407 Å². The number of anilines is 9. The summed E-state index contributed by atoms with van der Waals surface area (Å²) >= 11 is 3.61. The van der Waals surface area contributed by atoms with E-state index in [-0.39, 0.29) is 0 Å². The molecule has 12 aromatic rings. The number of aromatic nitrogens is 3. The van der Waals surface area contributed by atoms with Crippen molar-refractivity contribution < 1.29 is 0 Å². The fourth-order valence-electron chi connectivity index (χ4n) is 10.0. The lowest BCUT2D eigenvalue weighted by Gasteiger charge is -2.41. The van der Waals surface area contributed by atoms with Crippen molar-refractivity contribution in [3.05, 3.63) is 231 Å². The SMILES string of the molecule is c1ccc(-c2nc(-c3ccc(N4c5ccccc5N(c5ccc6ccccc6c5)c5cc(N6c7ccccc7Sc7ccccc76)ccc54)cc3)nc(-c3cccc4c3sc3ccccc34)n2)cc1. The molecular weight excluding hydrogens is 881 g/mol. The van der Waals surface area contributed by atoms with Crippen molar-refractivity contribution in [1.29, 1.82) is 0 Å². The smallest absolute Gasteiger partial charge is 0.165 e. The molecule has 2 aliphatic heterocycles. The molecule has 0 unspecified atom stereocenters. The zero-order valence-electron chi connectivity index (χ0n) is 36.9. The van der Waals surface area contributed by atoms with Gasteiger partial charge in [0.1, 0.15) is 0 Å². The third-order valence-corrected chi connectivity index (χ3v) is 15.5. The van der Waals surface area contributed by atoms with Crippen LogP contribution in [0.25, 0.3) is 65.1 Å². The average Bonchev–Trinajstić information content (AvgIpc) is 3.81. The van der Waals surface area contributed by atoms with Crippen molar-refractivity contribution in [3.63, 3.8) is 0 Å². The van der Waals surface area contributed by atoms with Gasteiger partial charge in [0.15, 0.2) is 17.5 Å². The second-order valence-corrected chi connectivity index (χ2v) is 19.4. The van der Waals surface area contributed by atoms with Crippen molar-refractivity contribution in [1.82, 2.24) is 15.0 Å². The molecule has 0 aliphatic carbocycles. The minimum Gasteiger partial charge on any atom is -0.308 e. The van der Waals surface area contributed by atoms with Gasteiger partial charge in [-0.1, -0.05) is 139 Å². The Morgan fingerprint density at radius 1 is 0.319 bits per heavy atom.